The molecule has 0 heterocycles. The first-order chi connectivity index (χ1) is 10.7. The van der Waals surface area contributed by atoms with Crippen molar-refractivity contribution in [2.45, 2.75) is 32.1 Å². The minimum absolute atomic E-state index is 0.439. The quantitative estimate of drug-likeness (QED) is 0.756. The number of hydrogen-bond donors (Lipinski definition) is 2. The standard InChI is InChI=1S/C16H22N2O3S/c17-11-14-6-3-4-8-16(14)21-12-15-7-2-1-5-13(15)9-10-18-22(19)20/h3-4,6,8,13,15,18H,1-2,5,7,9-10,12H2,(H,19,20). The molecule has 2 rings (SSSR count). The van der Waals surface area contributed by atoms with E-state index in [9.17, 15) is 4.21 Å². The highest BCUT2D eigenvalue weighted by atomic mass is 32.2. The maximum absolute atomic E-state index is 10.6. The molecule has 0 spiro atoms. The van der Waals surface area contributed by atoms with Crippen molar-refractivity contribution in [1.29, 1.82) is 5.26 Å². The zero-order chi connectivity index (χ0) is 15.8. The van der Waals surface area contributed by atoms with Gasteiger partial charge in [0.25, 0.3) is 0 Å². The third-order valence-electron chi connectivity index (χ3n) is 4.27. The Morgan fingerprint density at radius 3 is 2.77 bits per heavy atom. The van der Waals surface area contributed by atoms with Crippen molar-refractivity contribution in [2.75, 3.05) is 13.2 Å². The molecule has 3 atom stereocenters. The first kappa shape index (κ1) is 16.9. The summed E-state index contributed by atoms with van der Waals surface area (Å²) in [5.41, 5.74) is 0.562. The monoisotopic (exact) mass is 322 g/mol. The molecule has 1 aliphatic carbocycles. The number of nitrogens with zero attached hydrogens (tertiary/aromatic N) is 1. The summed E-state index contributed by atoms with van der Waals surface area (Å²) in [6.07, 6.45) is 5.53. The summed E-state index contributed by atoms with van der Waals surface area (Å²) in [5.74, 6) is 1.58. The predicted octanol–water partition coefficient (Wildman–Crippen LogP) is 2.86. The van der Waals surface area contributed by atoms with Gasteiger partial charge in [-0.1, -0.05) is 31.4 Å². The molecule has 0 aliphatic heterocycles. The van der Waals surface area contributed by atoms with Gasteiger partial charge in [-0.05, 0) is 36.8 Å². The van der Waals surface area contributed by atoms with Gasteiger partial charge in [0.2, 0.25) is 11.3 Å². The summed E-state index contributed by atoms with van der Waals surface area (Å²) in [6.45, 7) is 1.14. The van der Waals surface area contributed by atoms with E-state index < -0.39 is 11.3 Å². The van der Waals surface area contributed by atoms with Crippen LogP contribution in [0.25, 0.3) is 0 Å². The summed E-state index contributed by atoms with van der Waals surface area (Å²) < 4.78 is 27.8. The Morgan fingerprint density at radius 2 is 2.05 bits per heavy atom. The SMILES string of the molecule is N#Cc1ccccc1OCC1CCCCC1CCNS(=O)O. The highest BCUT2D eigenvalue weighted by molar-refractivity contribution is 7.77. The molecule has 0 radical (unpaired) electrons. The van der Waals surface area contributed by atoms with Gasteiger partial charge in [0.05, 0.1) is 12.2 Å². The Morgan fingerprint density at radius 1 is 1.32 bits per heavy atom. The largest absolute Gasteiger partial charge is 0.492 e. The van der Waals surface area contributed by atoms with Gasteiger partial charge < -0.3 is 4.74 Å². The van der Waals surface area contributed by atoms with Crippen LogP contribution in [0, 0.1) is 23.2 Å². The lowest BCUT2D eigenvalue weighted by molar-refractivity contribution is 0.143. The van der Waals surface area contributed by atoms with Crippen LogP contribution in [-0.4, -0.2) is 21.9 Å². The van der Waals surface area contributed by atoms with E-state index in [0.29, 0.717) is 36.3 Å². The fourth-order valence-corrected chi connectivity index (χ4v) is 3.39. The van der Waals surface area contributed by atoms with Gasteiger partial charge in [-0.15, -0.1) is 0 Å². The van der Waals surface area contributed by atoms with E-state index in [1.54, 1.807) is 6.07 Å². The lowest BCUT2D eigenvalue weighted by Gasteiger charge is -2.31. The highest BCUT2D eigenvalue weighted by Gasteiger charge is 2.25. The van der Waals surface area contributed by atoms with Crippen LogP contribution in [0.4, 0.5) is 0 Å². The van der Waals surface area contributed by atoms with E-state index in [1.165, 1.54) is 12.8 Å². The molecule has 0 bridgehead atoms. The summed E-state index contributed by atoms with van der Waals surface area (Å²) in [7, 11) is 0. The smallest absolute Gasteiger partial charge is 0.231 e. The number of hydrogen-bond acceptors (Lipinski definition) is 3. The predicted molar refractivity (Wildman–Crippen MR) is 85.5 cm³/mol. The fourth-order valence-electron chi connectivity index (χ4n) is 3.10. The summed E-state index contributed by atoms with van der Waals surface area (Å²) in [4.78, 5) is 0. The second-order valence-corrected chi connectivity index (χ2v) is 6.44. The first-order valence-corrected chi connectivity index (χ1v) is 8.77. The molecule has 22 heavy (non-hydrogen) atoms. The molecule has 6 heteroatoms. The molecule has 1 aromatic rings. The molecular formula is C16H22N2O3S. The van der Waals surface area contributed by atoms with Crippen molar-refractivity contribution in [1.82, 2.24) is 4.72 Å². The third-order valence-corrected chi connectivity index (χ3v) is 4.72. The van der Waals surface area contributed by atoms with E-state index in [-0.39, 0.29) is 0 Å². The second kappa shape index (κ2) is 8.89. The normalized spacial score (nSPS) is 22.7. The number of rotatable bonds is 7. The third kappa shape index (κ3) is 5.09. The Balaban J connectivity index is 1.88. The van der Waals surface area contributed by atoms with Crippen molar-refractivity contribution in [3.05, 3.63) is 29.8 Å². The van der Waals surface area contributed by atoms with Crippen molar-refractivity contribution < 1.29 is 13.5 Å². The number of nitrogens with one attached hydrogen (secondary N) is 1. The van der Waals surface area contributed by atoms with Gasteiger partial charge >= 0.3 is 0 Å². The van der Waals surface area contributed by atoms with Crippen molar-refractivity contribution in [3.8, 4) is 11.8 Å². The van der Waals surface area contributed by atoms with E-state index in [0.717, 1.165) is 19.3 Å². The van der Waals surface area contributed by atoms with Crippen LogP contribution >= 0.6 is 0 Å². The molecule has 1 aliphatic rings. The summed E-state index contributed by atoms with van der Waals surface area (Å²) >= 11 is -1.94. The van der Waals surface area contributed by atoms with Crippen LogP contribution in [0.1, 0.15) is 37.7 Å². The Bertz CT molecular complexity index is 544. The zero-order valence-electron chi connectivity index (χ0n) is 12.5. The van der Waals surface area contributed by atoms with Crippen LogP contribution in [0.5, 0.6) is 5.75 Å². The number of nitriles is 1. The topological polar surface area (TPSA) is 82.3 Å². The molecule has 5 nitrogen and oxygen atoms in total. The van der Waals surface area contributed by atoms with Gasteiger partial charge in [0.1, 0.15) is 11.8 Å². The molecule has 0 amide bonds. The lowest BCUT2D eigenvalue weighted by Crippen LogP contribution is -2.29. The average molecular weight is 322 g/mol. The molecule has 0 aromatic heterocycles. The molecule has 1 aromatic carbocycles. The molecule has 2 N–H and O–H groups in total. The zero-order valence-corrected chi connectivity index (χ0v) is 13.3. The van der Waals surface area contributed by atoms with Crippen LogP contribution in [0.15, 0.2) is 24.3 Å². The Kier molecular flexibility index (Phi) is 6.84. The molecule has 1 saturated carbocycles. The van der Waals surface area contributed by atoms with Gasteiger partial charge in [-0.2, -0.15) is 5.26 Å². The van der Waals surface area contributed by atoms with Crippen LogP contribution in [0.2, 0.25) is 0 Å². The molecule has 3 unspecified atom stereocenters. The fraction of sp³-hybridized carbons (Fsp3) is 0.562. The van der Waals surface area contributed by atoms with E-state index in [2.05, 4.69) is 10.8 Å². The number of benzene rings is 1. The number of ether oxygens (including phenoxy) is 1. The molecule has 120 valence electrons. The van der Waals surface area contributed by atoms with E-state index >= 15 is 0 Å². The Hall–Kier alpha value is -1.42. The molecular weight excluding hydrogens is 300 g/mol. The van der Waals surface area contributed by atoms with Crippen LogP contribution in [-0.2, 0) is 11.3 Å². The van der Waals surface area contributed by atoms with E-state index in [4.69, 9.17) is 14.6 Å². The second-order valence-electron chi connectivity index (χ2n) is 5.66. The molecule has 0 saturated heterocycles. The Labute approximate surface area is 134 Å². The molecule has 1 fully saturated rings. The van der Waals surface area contributed by atoms with Gasteiger partial charge in [0.15, 0.2) is 0 Å². The minimum Gasteiger partial charge on any atom is -0.492 e. The maximum Gasteiger partial charge on any atom is 0.231 e. The highest BCUT2D eigenvalue weighted by Crippen LogP contribution is 2.33. The maximum atomic E-state index is 10.6. The van der Waals surface area contributed by atoms with E-state index in [1.807, 2.05) is 18.2 Å². The minimum atomic E-state index is -1.94. The lowest BCUT2D eigenvalue weighted by atomic mass is 9.78. The number of para-hydroxylation sites is 1. The van der Waals surface area contributed by atoms with Crippen molar-refractivity contribution in [3.63, 3.8) is 0 Å². The van der Waals surface area contributed by atoms with Gasteiger partial charge in [-0.3, -0.25) is 4.55 Å². The first-order valence-electron chi connectivity index (χ1n) is 7.67. The van der Waals surface area contributed by atoms with Crippen LogP contribution in [0.3, 0.4) is 0 Å². The summed E-state index contributed by atoms with van der Waals surface area (Å²) in [5, 5.41) is 9.08. The van der Waals surface area contributed by atoms with Crippen molar-refractivity contribution >= 4 is 11.3 Å². The average Bonchev–Trinajstić information content (AvgIpc) is 2.54. The summed E-state index contributed by atoms with van der Waals surface area (Å²) in [6, 6.07) is 9.43. The van der Waals surface area contributed by atoms with Crippen LogP contribution < -0.4 is 9.46 Å². The van der Waals surface area contributed by atoms with Crippen molar-refractivity contribution in [2.24, 2.45) is 11.8 Å². The van der Waals surface area contributed by atoms with Gasteiger partial charge in [-0.25, -0.2) is 8.93 Å². The van der Waals surface area contributed by atoms with Gasteiger partial charge in [0, 0.05) is 6.54 Å².